The van der Waals surface area contributed by atoms with Crippen molar-refractivity contribution < 1.29 is 38.5 Å². The van der Waals surface area contributed by atoms with Crippen LogP contribution in [0.2, 0.25) is 0 Å². The molecule has 3 rings (SSSR count). The second-order valence-corrected chi connectivity index (χ2v) is 11.9. The number of rotatable bonds is 10. The lowest BCUT2D eigenvalue weighted by Gasteiger charge is -2.12. The van der Waals surface area contributed by atoms with Crippen LogP contribution in [0.1, 0.15) is 5.56 Å². The van der Waals surface area contributed by atoms with E-state index in [0.29, 0.717) is 5.39 Å². The van der Waals surface area contributed by atoms with Crippen LogP contribution in [0.3, 0.4) is 0 Å². The molecule has 0 saturated heterocycles. The number of nitrogens with zero attached hydrogens (tertiary/aromatic N) is 2. The molecule has 12 nitrogen and oxygen atoms in total. The van der Waals surface area contributed by atoms with Gasteiger partial charge in [-0.15, -0.1) is 10.2 Å². The van der Waals surface area contributed by atoms with Gasteiger partial charge in [0.1, 0.15) is 17.3 Å². The first-order chi connectivity index (χ1) is 16.3. The molecule has 3 N–H and O–H groups in total. The lowest BCUT2D eigenvalue weighted by Crippen LogP contribution is -2.15. The van der Waals surface area contributed by atoms with Crippen LogP contribution in [-0.2, 0) is 34.5 Å². The predicted molar refractivity (Wildman–Crippen MR) is 129 cm³/mol. The van der Waals surface area contributed by atoms with E-state index < -0.39 is 48.6 Å². The van der Waals surface area contributed by atoms with E-state index in [1.54, 1.807) is 24.3 Å². The molecule has 35 heavy (non-hydrogen) atoms. The fourth-order valence-corrected chi connectivity index (χ4v) is 5.16. The highest BCUT2D eigenvalue weighted by Crippen LogP contribution is 2.37. The maximum Gasteiger partial charge on any atom is 0.397 e. The number of fused-ring (bicyclic) bond motifs is 1. The van der Waals surface area contributed by atoms with Crippen molar-refractivity contribution in [3.63, 3.8) is 0 Å². The number of hydrogen-bond acceptors (Lipinski definition) is 10. The molecule has 0 radical (unpaired) electrons. The Hall–Kier alpha value is -2.95. The van der Waals surface area contributed by atoms with Crippen molar-refractivity contribution in [2.45, 2.75) is 11.8 Å². The number of anilines is 1. The summed E-state index contributed by atoms with van der Waals surface area (Å²) in [6.07, 6.45) is 0. The average Bonchev–Trinajstić information content (AvgIpc) is 2.75. The minimum atomic E-state index is -4.80. The van der Waals surface area contributed by atoms with Gasteiger partial charge in [-0.25, -0.2) is 12.6 Å². The van der Waals surface area contributed by atoms with Crippen LogP contribution in [0, 0.1) is 6.92 Å². The molecule has 0 amide bonds. The Kier molecular flexibility index (Phi) is 7.88. The Morgan fingerprint density at radius 3 is 2.26 bits per heavy atom. The van der Waals surface area contributed by atoms with Gasteiger partial charge in [-0.3, -0.25) is 9.11 Å². The summed E-state index contributed by atoms with van der Waals surface area (Å²) in [5.74, 6) is -1.54. The van der Waals surface area contributed by atoms with Crippen molar-refractivity contribution >= 4 is 58.2 Å². The Balaban J connectivity index is 2.05. The number of nitrogens with one attached hydrogen (secondary N) is 1. The molecular weight excluding hydrogens is 522 g/mol. The zero-order valence-electron chi connectivity index (χ0n) is 18.2. The highest BCUT2D eigenvalue weighted by atomic mass is 32.3. The molecule has 0 spiro atoms. The summed E-state index contributed by atoms with van der Waals surface area (Å²) in [5.41, 5.74) is 1.27. The molecule has 0 aromatic heterocycles. The SMILES string of the molecule is Cc1cccc2c(N=Nc3ccccc3S(=O)(=O)CCOS(=O)(=O)O)c(NCS(=O)(=O)O)ccc12. The third kappa shape index (κ3) is 7.27. The quantitative estimate of drug-likeness (QED) is 0.252. The van der Waals surface area contributed by atoms with Crippen LogP contribution >= 0.6 is 0 Å². The number of hydrogen-bond donors (Lipinski definition) is 3. The average molecular weight is 544 g/mol. The summed E-state index contributed by atoms with van der Waals surface area (Å²) in [6, 6.07) is 14.2. The standard InChI is InChI=1S/C20H21N3O9S3/c1-14-5-4-6-16-15(14)9-10-18(21-13-34(26,27)28)20(16)23-22-17-7-2-3-8-19(17)33(24,25)12-11-32-35(29,30)31/h2-10,21H,11-13H2,1H3,(H,26,27,28)(H,29,30,31). The van der Waals surface area contributed by atoms with Crippen LogP contribution in [0.25, 0.3) is 10.8 Å². The van der Waals surface area contributed by atoms with Gasteiger partial charge in [-0.05, 0) is 36.1 Å². The minimum absolute atomic E-state index is 0.0651. The summed E-state index contributed by atoms with van der Waals surface area (Å²) in [4.78, 5) is -0.258. The van der Waals surface area contributed by atoms with Gasteiger partial charge in [-0.1, -0.05) is 36.4 Å². The smallest absolute Gasteiger partial charge is 0.368 e. The normalized spacial score (nSPS) is 12.9. The zero-order chi connectivity index (χ0) is 25.9. The molecular formula is C20H21N3O9S3. The van der Waals surface area contributed by atoms with Gasteiger partial charge in [0.2, 0.25) is 0 Å². The lowest BCUT2D eigenvalue weighted by atomic mass is 10.0. The highest BCUT2D eigenvalue weighted by molar-refractivity contribution is 7.91. The minimum Gasteiger partial charge on any atom is -0.368 e. The van der Waals surface area contributed by atoms with E-state index >= 15 is 0 Å². The van der Waals surface area contributed by atoms with Crippen molar-refractivity contribution in [1.29, 1.82) is 0 Å². The first kappa shape index (κ1) is 26.7. The molecule has 0 fully saturated rings. The van der Waals surface area contributed by atoms with Crippen LogP contribution in [0.4, 0.5) is 17.1 Å². The van der Waals surface area contributed by atoms with E-state index in [9.17, 15) is 25.3 Å². The summed E-state index contributed by atoms with van der Waals surface area (Å²) < 4.78 is 91.2. The molecule has 3 aromatic carbocycles. The van der Waals surface area contributed by atoms with Gasteiger partial charge in [0.05, 0.1) is 22.9 Å². The molecule has 0 atom stereocenters. The van der Waals surface area contributed by atoms with E-state index in [1.165, 1.54) is 24.3 Å². The molecule has 0 unspecified atom stereocenters. The largest absolute Gasteiger partial charge is 0.397 e. The Morgan fingerprint density at radius 1 is 0.857 bits per heavy atom. The van der Waals surface area contributed by atoms with E-state index in [1.807, 2.05) is 13.0 Å². The van der Waals surface area contributed by atoms with Crippen molar-refractivity contribution in [3.8, 4) is 0 Å². The Bertz CT molecular complexity index is 1600. The molecule has 3 aromatic rings. The summed E-state index contributed by atoms with van der Waals surface area (Å²) in [5, 5.41) is 12.2. The Morgan fingerprint density at radius 2 is 1.57 bits per heavy atom. The zero-order valence-corrected chi connectivity index (χ0v) is 20.6. The van der Waals surface area contributed by atoms with Gasteiger partial charge < -0.3 is 5.32 Å². The van der Waals surface area contributed by atoms with Gasteiger partial charge in [0, 0.05) is 5.39 Å². The number of sulfone groups is 1. The third-order valence-electron chi connectivity index (χ3n) is 4.74. The van der Waals surface area contributed by atoms with Gasteiger partial charge in [0.25, 0.3) is 10.1 Å². The molecule has 0 saturated carbocycles. The van der Waals surface area contributed by atoms with Gasteiger partial charge in [0.15, 0.2) is 9.84 Å². The fraction of sp³-hybridized carbons (Fsp3) is 0.200. The van der Waals surface area contributed by atoms with E-state index in [0.717, 1.165) is 10.9 Å². The Labute approximate surface area is 202 Å². The van der Waals surface area contributed by atoms with Crippen molar-refractivity contribution in [2.75, 3.05) is 23.6 Å². The monoisotopic (exact) mass is 543 g/mol. The van der Waals surface area contributed by atoms with Gasteiger partial charge >= 0.3 is 10.4 Å². The summed E-state index contributed by atoms with van der Waals surface area (Å²) >= 11 is 0. The van der Waals surface area contributed by atoms with Crippen molar-refractivity contribution in [3.05, 3.63) is 60.2 Å². The van der Waals surface area contributed by atoms with Crippen LogP contribution in [-0.4, -0.2) is 52.6 Å². The summed E-state index contributed by atoms with van der Waals surface area (Å²) in [7, 11) is -13.2. The molecule has 0 bridgehead atoms. The maximum atomic E-state index is 12.7. The second kappa shape index (κ2) is 10.3. The predicted octanol–water partition coefficient (Wildman–Crippen LogP) is 3.41. The van der Waals surface area contributed by atoms with Gasteiger partial charge in [-0.2, -0.15) is 16.8 Å². The number of azo groups is 1. The van der Waals surface area contributed by atoms with E-state index in [-0.39, 0.29) is 22.0 Å². The lowest BCUT2D eigenvalue weighted by molar-refractivity contribution is 0.284. The first-order valence-corrected chi connectivity index (χ1v) is 14.5. The number of benzene rings is 3. The fourth-order valence-electron chi connectivity index (χ4n) is 3.18. The third-order valence-corrected chi connectivity index (χ3v) is 7.43. The highest BCUT2D eigenvalue weighted by Gasteiger charge is 2.20. The molecule has 0 heterocycles. The van der Waals surface area contributed by atoms with Crippen molar-refractivity contribution in [1.82, 2.24) is 0 Å². The van der Waals surface area contributed by atoms with E-state index in [4.69, 9.17) is 9.11 Å². The summed E-state index contributed by atoms with van der Waals surface area (Å²) in [6.45, 7) is 1.06. The topological polar surface area (TPSA) is 189 Å². The van der Waals surface area contributed by atoms with Crippen molar-refractivity contribution in [2.24, 2.45) is 10.2 Å². The molecule has 0 aliphatic heterocycles. The molecule has 15 heteroatoms. The molecule has 0 aliphatic rings. The van der Waals surface area contributed by atoms with E-state index in [2.05, 4.69) is 19.7 Å². The first-order valence-electron chi connectivity index (χ1n) is 9.83. The molecule has 188 valence electrons. The maximum absolute atomic E-state index is 12.7. The van der Waals surface area contributed by atoms with Crippen LogP contribution < -0.4 is 5.32 Å². The van der Waals surface area contributed by atoms with Crippen LogP contribution in [0.15, 0.2) is 69.7 Å². The van der Waals surface area contributed by atoms with Crippen LogP contribution in [0.5, 0.6) is 0 Å². The second-order valence-electron chi connectivity index (χ2n) is 7.27. The number of aryl methyl sites for hydroxylation is 1. The molecule has 0 aliphatic carbocycles.